The molecule has 0 fully saturated rings. The number of hydrogen-bond donors (Lipinski definition) is 1. The number of aromatic amines is 1. The van der Waals surface area contributed by atoms with Gasteiger partial charge < -0.3 is 4.57 Å². The van der Waals surface area contributed by atoms with Crippen LogP contribution in [0, 0.1) is 0 Å². The van der Waals surface area contributed by atoms with Gasteiger partial charge in [0.25, 0.3) is 0 Å². The number of benzene rings is 2. The van der Waals surface area contributed by atoms with Crippen LogP contribution >= 0.6 is 0 Å². The third-order valence-electron chi connectivity index (χ3n) is 4.81. The Bertz CT molecular complexity index is 1300. The Morgan fingerprint density at radius 2 is 1.86 bits per heavy atom. The number of aromatic nitrogens is 5. The van der Waals surface area contributed by atoms with Crippen LogP contribution in [0.1, 0.15) is 5.56 Å². The highest BCUT2D eigenvalue weighted by Gasteiger charge is 2.09. The maximum Gasteiger partial charge on any atom is 0.189 e. The number of pyridine rings is 1. The highest BCUT2D eigenvalue weighted by Crippen LogP contribution is 2.24. The molecule has 28 heavy (non-hydrogen) atoms. The molecule has 0 aliphatic heterocycles. The summed E-state index contributed by atoms with van der Waals surface area (Å²) in [6, 6.07) is 17.6. The molecule has 0 saturated heterocycles. The molecule has 3 aromatic heterocycles. The molecular weight excluding hydrogens is 350 g/mol. The van der Waals surface area contributed by atoms with E-state index >= 15 is 0 Å². The van der Waals surface area contributed by atoms with Crippen LogP contribution in [0.25, 0.3) is 27.7 Å². The van der Waals surface area contributed by atoms with E-state index in [1.165, 1.54) is 5.56 Å². The highest BCUT2D eigenvalue weighted by atomic mass is 16.1. The zero-order valence-corrected chi connectivity index (χ0v) is 15.0. The average Bonchev–Trinajstić information content (AvgIpc) is 3.41. The monoisotopic (exact) mass is 367 g/mol. The van der Waals surface area contributed by atoms with E-state index in [2.05, 4.69) is 27.4 Å². The predicted octanol–water partition coefficient (Wildman–Crippen LogP) is 3.63. The van der Waals surface area contributed by atoms with Gasteiger partial charge in [-0.2, -0.15) is 10.2 Å². The largest absolute Gasteiger partial charge is 0.313 e. The van der Waals surface area contributed by atoms with Crippen LogP contribution < -0.4 is 5.43 Å². The summed E-state index contributed by atoms with van der Waals surface area (Å²) in [6.07, 6.45) is 9.21. The van der Waals surface area contributed by atoms with Crippen molar-refractivity contribution in [3.8, 4) is 16.8 Å². The van der Waals surface area contributed by atoms with Gasteiger partial charge in [-0.05, 0) is 23.3 Å². The number of hydrogen-bond acceptors (Lipinski definition) is 3. The fraction of sp³-hybridized carbons (Fsp3) is 0.0455. The molecule has 0 radical (unpaired) electrons. The Kier molecular flexibility index (Phi) is 3.87. The van der Waals surface area contributed by atoms with E-state index in [9.17, 15) is 4.79 Å². The Balaban J connectivity index is 1.60. The van der Waals surface area contributed by atoms with Gasteiger partial charge in [0, 0.05) is 35.6 Å². The van der Waals surface area contributed by atoms with E-state index in [1.807, 2.05) is 64.2 Å². The lowest BCUT2D eigenvalue weighted by Crippen LogP contribution is -2.06. The molecule has 0 saturated carbocycles. The summed E-state index contributed by atoms with van der Waals surface area (Å²) in [4.78, 5) is 12.4. The van der Waals surface area contributed by atoms with Crippen LogP contribution in [0.2, 0.25) is 0 Å². The molecule has 0 bridgehead atoms. The summed E-state index contributed by atoms with van der Waals surface area (Å²) >= 11 is 0. The van der Waals surface area contributed by atoms with Gasteiger partial charge in [0.15, 0.2) is 5.43 Å². The maximum atomic E-state index is 12.4. The lowest BCUT2D eigenvalue weighted by atomic mass is 10.1. The second-order valence-electron chi connectivity index (χ2n) is 6.65. The minimum atomic E-state index is 0.00155. The van der Waals surface area contributed by atoms with E-state index in [4.69, 9.17) is 0 Å². The molecule has 1 N–H and O–H groups in total. The molecule has 0 atom stereocenters. The zero-order valence-electron chi connectivity index (χ0n) is 15.0. The molecular formula is C22H17N5O. The van der Waals surface area contributed by atoms with Gasteiger partial charge in [-0.25, -0.2) is 0 Å². The lowest BCUT2D eigenvalue weighted by molar-refractivity contribution is 0.686. The van der Waals surface area contributed by atoms with Crippen molar-refractivity contribution in [2.75, 3.05) is 0 Å². The first-order chi connectivity index (χ1) is 13.8. The van der Waals surface area contributed by atoms with Gasteiger partial charge in [-0.15, -0.1) is 0 Å². The first kappa shape index (κ1) is 16.3. The molecule has 2 aromatic carbocycles. The third kappa shape index (κ3) is 2.91. The summed E-state index contributed by atoms with van der Waals surface area (Å²) in [5.74, 6) is 0. The van der Waals surface area contributed by atoms with Crippen LogP contribution in [0.4, 0.5) is 0 Å². The van der Waals surface area contributed by atoms with Crippen molar-refractivity contribution in [2.24, 2.45) is 0 Å². The minimum absolute atomic E-state index is 0.00155. The molecule has 3 heterocycles. The Hall–Kier alpha value is -3.93. The van der Waals surface area contributed by atoms with Crippen molar-refractivity contribution < 1.29 is 0 Å². The van der Waals surface area contributed by atoms with Gasteiger partial charge in [0.1, 0.15) is 0 Å². The fourth-order valence-electron chi connectivity index (χ4n) is 3.40. The third-order valence-corrected chi connectivity index (χ3v) is 4.81. The molecule has 136 valence electrons. The summed E-state index contributed by atoms with van der Waals surface area (Å²) in [5.41, 5.74) is 4.91. The molecule has 6 heteroatoms. The van der Waals surface area contributed by atoms with Gasteiger partial charge in [-0.3, -0.25) is 14.6 Å². The Morgan fingerprint density at radius 1 is 0.964 bits per heavy atom. The maximum absolute atomic E-state index is 12.4. The van der Waals surface area contributed by atoms with Crippen LogP contribution in [-0.2, 0) is 6.54 Å². The second kappa shape index (κ2) is 6.66. The van der Waals surface area contributed by atoms with E-state index in [0.717, 1.165) is 22.3 Å². The number of rotatable bonds is 4. The average molecular weight is 367 g/mol. The molecule has 0 aliphatic carbocycles. The topological polar surface area (TPSA) is 68.5 Å². The van der Waals surface area contributed by atoms with Crippen molar-refractivity contribution in [1.82, 2.24) is 24.5 Å². The van der Waals surface area contributed by atoms with Gasteiger partial charge in [0.05, 0.1) is 30.1 Å². The Labute approximate surface area is 160 Å². The first-order valence-corrected chi connectivity index (χ1v) is 8.99. The van der Waals surface area contributed by atoms with Crippen LogP contribution in [0.15, 0.2) is 90.4 Å². The number of fused-ring (bicyclic) bond motifs is 1. The molecule has 5 rings (SSSR count). The van der Waals surface area contributed by atoms with Crippen molar-refractivity contribution in [3.05, 3.63) is 101 Å². The molecule has 0 unspecified atom stereocenters. The minimum Gasteiger partial charge on any atom is -0.313 e. The van der Waals surface area contributed by atoms with Crippen molar-refractivity contribution in [3.63, 3.8) is 0 Å². The van der Waals surface area contributed by atoms with Crippen LogP contribution in [0.3, 0.4) is 0 Å². The normalized spacial score (nSPS) is 11.1. The van der Waals surface area contributed by atoms with E-state index in [0.29, 0.717) is 11.9 Å². The summed E-state index contributed by atoms with van der Waals surface area (Å²) in [7, 11) is 0. The van der Waals surface area contributed by atoms with Crippen LogP contribution in [0.5, 0.6) is 0 Å². The molecule has 0 aliphatic rings. The number of nitrogens with zero attached hydrogens (tertiary/aromatic N) is 4. The van der Waals surface area contributed by atoms with Gasteiger partial charge >= 0.3 is 0 Å². The Morgan fingerprint density at radius 3 is 2.68 bits per heavy atom. The van der Waals surface area contributed by atoms with Crippen molar-refractivity contribution in [1.29, 1.82) is 0 Å². The summed E-state index contributed by atoms with van der Waals surface area (Å²) in [6.45, 7) is 0.694. The lowest BCUT2D eigenvalue weighted by Gasteiger charge is -2.10. The van der Waals surface area contributed by atoms with Crippen LogP contribution in [-0.4, -0.2) is 24.5 Å². The van der Waals surface area contributed by atoms with Crippen molar-refractivity contribution >= 4 is 10.9 Å². The smallest absolute Gasteiger partial charge is 0.189 e. The fourth-order valence-corrected chi connectivity index (χ4v) is 3.40. The molecule has 5 aromatic rings. The number of H-pyrrole nitrogens is 1. The summed E-state index contributed by atoms with van der Waals surface area (Å²) < 4.78 is 3.89. The summed E-state index contributed by atoms with van der Waals surface area (Å²) in [5, 5.41) is 12.0. The molecule has 0 spiro atoms. The quantitative estimate of drug-likeness (QED) is 0.527. The molecule has 6 nitrogen and oxygen atoms in total. The standard InChI is InChI=1S/C22H17N5O/c28-22-8-9-27(19-13-25-26(15-19)14-16-4-2-1-3-5-16)21-10-17(6-7-20(21)22)18-11-23-24-12-18/h1-13,15H,14H2,(H,23,24). The number of nitrogens with one attached hydrogen (secondary N) is 1. The van der Waals surface area contributed by atoms with E-state index in [1.54, 1.807) is 18.5 Å². The van der Waals surface area contributed by atoms with Gasteiger partial charge in [0.2, 0.25) is 0 Å². The first-order valence-electron chi connectivity index (χ1n) is 8.99. The highest BCUT2D eigenvalue weighted by molar-refractivity contribution is 5.85. The SMILES string of the molecule is O=c1ccn(-c2cnn(Cc3ccccc3)c2)c2cc(-c3cn[nH]c3)ccc12. The molecule has 0 amide bonds. The van der Waals surface area contributed by atoms with Crippen molar-refractivity contribution in [2.45, 2.75) is 6.54 Å². The van der Waals surface area contributed by atoms with E-state index < -0.39 is 0 Å². The zero-order chi connectivity index (χ0) is 18.9. The van der Waals surface area contributed by atoms with E-state index in [-0.39, 0.29) is 5.43 Å². The predicted molar refractivity (Wildman–Crippen MR) is 108 cm³/mol. The van der Waals surface area contributed by atoms with Gasteiger partial charge in [-0.1, -0.05) is 36.4 Å². The second-order valence-corrected chi connectivity index (χ2v) is 6.65.